The number of hydrogen-bond acceptors (Lipinski definition) is 4. The highest BCUT2D eigenvalue weighted by Gasteiger charge is 2.08. The summed E-state index contributed by atoms with van der Waals surface area (Å²) in [7, 11) is 0. The first-order chi connectivity index (χ1) is 6.76. The number of nitrogens with zero attached hydrogens (tertiary/aromatic N) is 3. The lowest BCUT2D eigenvalue weighted by molar-refractivity contribution is 0.282. The van der Waals surface area contributed by atoms with Gasteiger partial charge in [-0.3, -0.25) is 4.40 Å². The monoisotopic (exact) mass is 191 g/mol. The average molecular weight is 191 g/mol. The number of nitroso groups, excluding NO2 is 1. The summed E-state index contributed by atoms with van der Waals surface area (Å²) in [6, 6.07) is 3.45. The maximum absolute atomic E-state index is 10.5. The van der Waals surface area contributed by atoms with E-state index in [-0.39, 0.29) is 6.61 Å². The lowest BCUT2D eigenvalue weighted by Crippen LogP contribution is -1.88. The van der Waals surface area contributed by atoms with E-state index in [1.54, 1.807) is 29.7 Å². The number of aromatic nitrogens is 2. The fraction of sp³-hybridized carbons (Fsp3) is 0.222. The number of rotatable bonds is 2. The van der Waals surface area contributed by atoms with Crippen LogP contribution < -0.4 is 0 Å². The minimum absolute atomic E-state index is 0.0355. The summed E-state index contributed by atoms with van der Waals surface area (Å²) in [5.74, 6) is 0.310. The molecule has 0 fully saturated rings. The van der Waals surface area contributed by atoms with E-state index < -0.39 is 0 Å². The van der Waals surface area contributed by atoms with Gasteiger partial charge in [-0.25, -0.2) is 4.98 Å². The van der Waals surface area contributed by atoms with Gasteiger partial charge in [0.1, 0.15) is 5.65 Å². The topological polar surface area (TPSA) is 67.0 Å². The first kappa shape index (κ1) is 8.83. The van der Waals surface area contributed by atoms with Crippen molar-refractivity contribution < 1.29 is 5.11 Å². The highest BCUT2D eigenvalue weighted by Crippen LogP contribution is 2.20. The van der Waals surface area contributed by atoms with Crippen molar-refractivity contribution in [2.24, 2.45) is 5.18 Å². The van der Waals surface area contributed by atoms with Gasteiger partial charge in [0.2, 0.25) is 5.82 Å². The van der Waals surface area contributed by atoms with Crippen LogP contribution in [0.3, 0.4) is 0 Å². The van der Waals surface area contributed by atoms with Crippen LogP contribution in [-0.4, -0.2) is 14.5 Å². The van der Waals surface area contributed by atoms with Crippen LogP contribution in [0.25, 0.3) is 5.65 Å². The normalized spacial score (nSPS) is 10.7. The second-order valence-electron chi connectivity index (χ2n) is 3.03. The highest BCUT2D eigenvalue weighted by atomic mass is 16.3. The summed E-state index contributed by atoms with van der Waals surface area (Å²) in [6.07, 6.45) is 1.68. The zero-order valence-corrected chi connectivity index (χ0v) is 7.64. The van der Waals surface area contributed by atoms with Gasteiger partial charge in [-0.15, -0.1) is 4.91 Å². The fourth-order valence-corrected chi connectivity index (χ4v) is 1.40. The van der Waals surface area contributed by atoms with Crippen molar-refractivity contribution >= 4 is 11.5 Å². The van der Waals surface area contributed by atoms with Gasteiger partial charge in [0, 0.05) is 6.20 Å². The van der Waals surface area contributed by atoms with Crippen molar-refractivity contribution in [2.45, 2.75) is 13.5 Å². The number of imidazole rings is 1. The van der Waals surface area contributed by atoms with E-state index in [0.29, 0.717) is 17.2 Å². The molecule has 2 aromatic heterocycles. The van der Waals surface area contributed by atoms with E-state index in [4.69, 9.17) is 5.11 Å². The molecule has 0 radical (unpaired) electrons. The minimum atomic E-state index is -0.0355. The van der Waals surface area contributed by atoms with Crippen molar-refractivity contribution in [3.63, 3.8) is 0 Å². The molecular weight excluding hydrogens is 182 g/mol. The molecule has 0 aliphatic carbocycles. The standard InChI is InChI=1S/C9H9N3O2/c1-6-9(11-14)12-3-2-7(5-13)4-8(12)10-6/h2-4,13H,5H2,1H3. The van der Waals surface area contributed by atoms with E-state index in [9.17, 15) is 4.91 Å². The number of hydrogen-bond donors (Lipinski definition) is 1. The molecule has 14 heavy (non-hydrogen) atoms. The lowest BCUT2D eigenvalue weighted by atomic mass is 10.3. The first-order valence-electron chi connectivity index (χ1n) is 4.18. The molecule has 0 bridgehead atoms. The molecule has 0 aliphatic heterocycles. The third-order valence-corrected chi connectivity index (χ3v) is 2.10. The Morgan fingerprint density at radius 2 is 2.43 bits per heavy atom. The maximum Gasteiger partial charge on any atom is 0.204 e. The van der Waals surface area contributed by atoms with Gasteiger partial charge < -0.3 is 5.11 Å². The van der Waals surface area contributed by atoms with Crippen LogP contribution in [0.15, 0.2) is 23.5 Å². The van der Waals surface area contributed by atoms with Crippen molar-refractivity contribution in [3.05, 3.63) is 34.5 Å². The smallest absolute Gasteiger partial charge is 0.204 e. The number of pyridine rings is 1. The SMILES string of the molecule is Cc1nc2cc(CO)ccn2c1N=O. The van der Waals surface area contributed by atoms with Crippen LogP contribution in [-0.2, 0) is 6.61 Å². The quantitative estimate of drug-likeness (QED) is 0.732. The van der Waals surface area contributed by atoms with Crippen LogP contribution >= 0.6 is 0 Å². The molecule has 5 heteroatoms. The van der Waals surface area contributed by atoms with Gasteiger partial charge in [-0.05, 0) is 29.8 Å². The summed E-state index contributed by atoms with van der Waals surface area (Å²) in [5, 5.41) is 11.8. The fourth-order valence-electron chi connectivity index (χ4n) is 1.40. The number of aliphatic hydroxyl groups excluding tert-OH is 1. The van der Waals surface area contributed by atoms with Crippen molar-refractivity contribution in [3.8, 4) is 0 Å². The van der Waals surface area contributed by atoms with Crippen molar-refractivity contribution in [1.29, 1.82) is 0 Å². The molecule has 0 amide bonds. The van der Waals surface area contributed by atoms with E-state index in [2.05, 4.69) is 10.2 Å². The van der Waals surface area contributed by atoms with Gasteiger partial charge in [0.15, 0.2) is 0 Å². The molecular formula is C9H9N3O2. The predicted octanol–water partition coefficient (Wildman–Crippen LogP) is 1.53. The number of aliphatic hydroxyl groups is 1. The minimum Gasteiger partial charge on any atom is -0.392 e. The highest BCUT2D eigenvalue weighted by molar-refractivity contribution is 5.52. The zero-order chi connectivity index (χ0) is 10.1. The van der Waals surface area contributed by atoms with Gasteiger partial charge in [0.05, 0.1) is 12.3 Å². The molecule has 0 saturated heterocycles. The Labute approximate surface area is 80.0 Å². The van der Waals surface area contributed by atoms with Crippen molar-refractivity contribution in [2.75, 3.05) is 0 Å². The van der Waals surface area contributed by atoms with Crippen LogP contribution in [0.2, 0.25) is 0 Å². The Kier molecular flexibility index (Phi) is 2.01. The Hall–Kier alpha value is -1.75. The summed E-state index contributed by atoms with van der Waals surface area (Å²) in [4.78, 5) is 14.6. The zero-order valence-electron chi connectivity index (χ0n) is 7.64. The predicted molar refractivity (Wildman–Crippen MR) is 51.3 cm³/mol. The molecule has 5 nitrogen and oxygen atoms in total. The Morgan fingerprint density at radius 1 is 1.64 bits per heavy atom. The van der Waals surface area contributed by atoms with E-state index in [0.717, 1.165) is 5.56 Å². The summed E-state index contributed by atoms with van der Waals surface area (Å²) >= 11 is 0. The second-order valence-corrected chi connectivity index (χ2v) is 3.03. The molecule has 2 rings (SSSR count). The Balaban J connectivity index is 2.74. The first-order valence-corrected chi connectivity index (χ1v) is 4.18. The van der Waals surface area contributed by atoms with Gasteiger partial charge in [-0.2, -0.15) is 0 Å². The summed E-state index contributed by atoms with van der Waals surface area (Å²) in [5.41, 5.74) is 1.98. The van der Waals surface area contributed by atoms with E-state index in [1.165, 1.54) is 0 Å². The van der Waals surface area contributed by atoms with Gasteiger partial charge in [0.25, 0.3) is 0 Å². The van der Waals surface area contributed by atoms with Crippen LogP contribution in [0.1, 0.15) is 11.3 Å². The molecule has 0 spiro atoms. The molecule has 0 aliphatic rings. The van der Waals surface area contributed by atoms with Crippen LogP contribution in [0.5, 0.6) is 0 Å². The molecule has 0 atom stereocenters. The number of fused-ring (bicyclic) bond motifs is 1. The second kappa shape index (κ2) is 3.19. The Morgan fingerprint density at radius 3 is 3.07 bits per heavy atom. The molecule has 1 N–H and O–H groups in total. The molecule has 2 heterocycles. The molecule has 0 aromatic carbocycles. The molecule has 0 unspecified atom stereocenters. The Bertz CT molecular complexity index is 490. The number of aryl methyl sites for hydroxylation is 1. The summed E-state index contributed by atoms with van der Waals surface area (Å²) < 4.78 is 1.60. The molecule has 2 aromatic rings. The van der Waals surface area contributed by atoms with Crippen LogP contribution in [0.4, 0.5) is 5.82 Å². The third kappa shape index (κ3) is 1.18. The van der Waals surface area contributed by atoms with Gasteiger partial charge >= 0.3 is 0 Å². The summed E-state index contributed by atoms with van der Waals surface area (Å²) in [6.45, 7) is 1.69. The van der Waals surface area contributed by atoms with Crippen molar-refractivity contribution in [1.82, 2.24) is 9.38 Å². The maximum atomic E-state index is 10.5. The average Bonchev–Trinajstić information content (AvgIpc) is 2.51. The van der Waals surface area contributed by atoms with E-state index >= 15 is 0 Å². The largest absolute Gasteiger partial charge is 0.392 e. The lowest BCUT2D eigenvalue weighted by Gasteiger charge is -1.97. The van der Waals surface area contributed by atoms with Crippen LogP contribution in [0, 0.1) is 11.8 Å². The molecule has 72 valence electrons. The third-order valence-electron chi connectivity index (χ3n) is 2.10. The van der Waals surface area contributed by atoms with Gasteiger partial charge in [-0.1, -0.05) is 0 Å². The van der Waals surface area contributed by atoms with E-state index in [1.807, 2.05) is 0 Å². The molecule has 0 saturated carbocycles.